The molecular weight excluding hydrogens is 205 g/mol. The van der Waals surface area contributed by atoms with E-state index in [1.807, 2.05) is 0 Å². The third kappa shape index (κ3) is 3.34. The second-order valence-electron chi connectivity index (χ2n) is 2.81. The van der Waals surface area contributed by atoms with E-state index in [0.717, 1.165) is 6.42 Å². The zero-order valence-electron chi connectivity index (χ0n) is 7.59. The second kappa shape index (κ2) is 5.60. The second-order valence-corrected chi connectivity index (χ2v) is 3.18. The van der Waals surface area contributed by atoms with Crippen LogP contribution in [-0.2, 0) is 0 Å². The molecule has 2 nitrogen and oxygen atoms in total. The molecule has 4 heteroatoms. The van der Waals surface area contributed by atoms with E-state index in [2.05, 4.69) is 5.32 Å². The largest absolute Gasteiger partial charge is 0.352 e. The van der Waals surface area contributed by atoms with E-state index in [1.165, 1.54) is 24.3 Å². The van der Waals surface area contributed by atoms with E-state index in [4.69, 9.17) is 11.6 Å². The lowest BCUT2D eigenvalue weighted by molar-refractivity contribution is 0.0954. The minimum Gasteiger partial charge on any atom is -0.352 e. The summed E-state index contributed by atoms with van der Waals surface area (Å²) in [4.78, 5) is 11.4. The zero-order valence-corrected chi connectivity index (χ0v) is 8.35. The Morgan fingerprint density at radius 1 is 1.36 bits per heavy atom. The molecular formula is C10H11ClFNO. The van der Waals surface area contributed by atoms with Gasteiger partial charge in [-0.2, -0.15) is 0 Å². The smallest absolute Gasteiger partial charge is 0.251 e. The van der Waals surface area contributed by atoms with Gasteiger partial charge in [-0.15, -0.1) is 11.6 Å². The maximum absolute atomic E-state index is 12.5. The highest BCUT2D eigenvalue weighted by Gasteiger charge is 2.03. The van der Waals surface area contributed by atoms with Crippen molar-refractivity contribution in [3.05, 3.63) is 35.6 Å². The van der Waals surface area contributed by atoms with E-state index in [9.17, 15) is 9.18 Å². The summed E-state index contributed by atoms with van der Waals surface area (Å²) in [5.41, 5.74) is 0.459. The first-order chi connectivity index (χ1) is 6.74. The Balaban J connectivity index is 2.48. The summed E-state index contributed by atoms with van der Waals surface area (Å²) in [6, 6.07) is 5.42. The van der Waals surface area contributed by atoms with Gasteiger partial charge >= 0.3 is 0 Å². The quantitative estimate of drug-likeness (QED) is 0.606. The average molecular weight is 216 g/mol. The van der Waals surface area contributed by atoms with Crippen LogP contribution >= 0.6 is 11.6 Å². The van der Waals surface area contributed by atoms with Crippen LogP contribution in [0, 0.1) is 5.82 Å². The molecule has 0 saturated carbocycles. The number of carbonyl (C=O) groups excluding carboxylic acids is 1. The van der Waals surface area contributed by atoms with Crippen LogP contribution in [0.15, 0.2) is 24.3 Å². The topological polar surface area (TPSA) is 29.1 Å². The van der Waals surface area contributed by atoms with Gasteiger partial charge in [0.05, 0.1) is 0 Å². The Kier molecular flexibility index (Phi) is 4.40. The Morgan fingerprint density at radius 2 is 2.00 bits per heavy atom. The Bertz CT molecular complexity index is 299. The zero-order chi connectivity index (χ0) is 10.4. The number of amides is 1. The van der Waals surface area contributed by atoms with Crippen molar-refractivity contribution in [3.63, 3.8) is 0 Å². The predicted octanol–water partition coefficient (Wildman–Crippen LogP) is 2.18. The Hall–Kier alpha value is -1.09. The van der Waals surface area contributed by atoms with E-state index < -0.39 is 0 Å². The normalized spacial score (nSPS) is 9.86. The number of alkyl halides is 1. The van der Waals surface area contributed by atoms with Gasteiger partial charge in [-0.25, -0.2) is 4.39 Å². The molecule has 1 N–H and O–H groups in total. The summed E-state index contributed by atoms with van der Waals surface area (Å²) in [6.45, 7) is 0.541. The molecule has 0 heterocycles. The minimum absolute atomic E-state index is 0.199. The molecule has 0 aliphatic carbocycles. The summed E-state index contributed by atoms with van der Waals surface area (Å²) in [6.07, 6.45) is 0.731. The molecule has 1 rings (SSSR count). The van der Waals surface area contributed by atoms with Crippen molar-refractivity contribution in [1.82, 2.24) is 5.32 Å². The molecule has 0 unspecified atom stereocenters. The fourth-order valence-electron chi connectivity index (χ4n) is 0.972. The SMILES string of the molecule is O=C(NCCCCl)c1ccc(F)cc1. The number of benzene rings is 1. The Labute approximate surface area is 87.1 Å². The molecule has 76 valence electrons. The van der Waals surface area contributed by atoms with E-state index in [-0.39, 0.29) is 11.7 Å². The standard InChI is InChI=1S/C10H11ClFNO/c11-6-1-7-13-10(14)8-2-4-9(12)5-3-8/h2-5H,1,6-7H2,(H,13,14). The lowest BCUT2D eigenvalue weighted by Crippen LogP contribution is -2.24. The maximum atomic E-state index is 12.5. The van der Waals surface area contributed by atoms with E-state index >= 15 is 0 Å². The summed E-state index contributed by atoms with van der Waals surface area (Å²) in [5, 5.41) is 2.67. The van der Waals surface area contributed by atoms with Crippen molar-refractivity contribution in [3.8, 4) is 0 Å². The highest BCUT2D eigenvalue weighted by Crippen LogP contribution is 2.02. The van der Waals surface area contributed by atoms with Crippen LogP contribution in [0.5, 0.6) is 0 Å². The average Bonchev–Trinajstić information content (AvgIpc) is 2.19. The summed E-state index contributed by atoms with van der Waals surface area (Å²) in [7, 11) is 0. The minimum atomic E-state index is -0.345. The van der Waals surface area contributed by atoms with Gasteiger partial charge in [-0.3, -0.25) is 4.79 Å². The van der Waals surface area contributed by atoms with Gasteiger partial charge in [-0.05, 0) is 30.7 Å². The van der Waals surface area contributed by atoms with Crippen LogP contribution in [0.2, 0.25) is 0 Å². The van der Waals surface area contributed by atoms with Gasteiger partial charge in [0, 0.05) is 18.0 Å². The van der Waals surface area contributed by atoms with Crippen LogP contribution in [0.3, 0.4) is 0 Å². The van der Waals surface area contributed by atoms with Crippen molar-refractivity contribution >= 4 is 17.5 Å². The summed E-state index contributed by atoms with van der Waals surface area (Å²) < 4.78 is 12.5. The molecule has 1 amide bonds. The van der Waals surface area contributed by atoms with Crippen LogP contribution in [-0.4, -0.2) is 18.3 Å². The first-order valence-electron chi connectivity index (χ1n) is 4.34. The lowest BCUT2D eigenvalue weighted by Gasteiger charge is -2.03. The third-order valence-electron chi connectivity index (χ3n) is 1.70. The van der Waals surface area contributed by atoms with Gasteiger partial charge in [0.1, 0.15) is 5.82 Å². The number of nitrogens with one attached hydrogen (secondary N) is 1. The van der Waals surface area contributed by atoms with Crippen molar-refractivity contribution in [2.45, 2.75) is 6.42 Å². The fraction of sp³-hybridized carbons (Fsp3) is 0.300. The number of halogens is 2. The van der Waals surface area contributed by atoms with Crippen LogP contribution < -0.4 is 5.32 Å². The number of hydrogen-bond acceptors (Lipinski definition) is 1. The molecule has 0 aliphatic rings. The van der Waals surface area contributed by atoms with E-state index in [1.54, 1.807) is 0 Å². The Morgan fingerprint density at radius 3 is 2.57 bits per heavy atom. The molecule has 1 aromatic rings. The highest BCUT2D eigenvalue weighted by atomic mass is 35.5. The van der Waals surface area contributed by atoms with Crippen molar-refractivity contribution < 1.29 is 9.18 Å². The molecule has 0 aromatic heterocycles. The number of carbonyl (C=O) groups is 1. The number of hydrogen-bond donors (Lipinski definition) is 1. The van der Waals surface area contributed by atoms with Crippen molar-refractivity contribution in [1.29, 1.82) is 0 Å². The molecule has 0 atom stereocenters. The maximum Gasteiger partial charge on any atom is 0.251 e. The lowest BCUT2D eigenvalue weighted by atomic mass is 10.2. The van der Waals surface area contributed by atoms with Crippen LogP contribution in [0.25, 0.3) is 0 Å². The van der Waals surface area contributed by atoms with E-state index in [0.29, 0.717) is 18.0 Å². The molecule has 0 spiro atoms. The summed E-state index contributed by atoms with van der Waals surface area (Å²) in [5.74, 6) is -0.0265. The van der Waals surface area contributed by atoms with Gasteiger partial charge in [0.25, 0.3) is 5.91 Å². The first-order valence-corrected chi connectivity index (χ1v) is 4.87. The highest BCUT2D eigenvalue weighted by molar-refractivity contribution is 6.17. The van der Waals surface area contributed by atoms with Crippen molar-refractivity contribution in [2.24, 2.45) is 0 Å². The molecule has 0 fully saturated rings. The summed E-state index contributed by atoms with van der Waals surface area (Å²) >= 11 is 5.45. The monoisotopic (exact) mass is 215 g/mol. The van der Waals surface area contributed by atoms with Gasteiger partial charge in [0.2, 0.25) is 0 Å². The van der Waals surface area contributed by atoms with Crippen molar-refractivity contribution in [2.75, 3.05) is 12.4 Å². The van der Waals surface area contributed by atoms with Gasteiger partial charge < -0.3 is 5.32 Å². The predicted molar refractivity (Wildman–Crippen MR) is 54.1 cm³/mol. The third-order valence-corrected chi connectivity index (χ3v) is 1.97. The molecule has 0 saturated heterocycles. The fourth-order valence-corrected chi connectivity index (χ4v) is 1.11. The van der Waals surface area contributed by atoms with Gasteiger partial charge in [0.15, 0.2) is 0 Å². The molecule has 0 radical (unpaired) electrons. The van der Waals surface area contributed by atoms with Crippen LogP contribution in [0.4, 0.5) is 4.39 Å². The first kappa shape index (κ1) is 11.0. The molecule has 0 aliphatic heterocycles. The molecule has 0 bridgehead atoms. The number of rotatable bonds is 4. The molecule has 1 aromatic carbocycles. The van der Waals surface area contributed by atoms with Gasteiger partial charge in [-0.1, -0.05) is 0 Å². The molecule has 14 heavy (non-hydrogen) atoms. The van der Waals surface area contributed by atoms with Crippen LogP contribution in [0.1, 0.15) is 16.8 Å².